The fourth-order valence-electron chi connectivity index (χ4n) is 3.00. The van der Waals surface area contributed by atoms with E-state index in [-0.39, 0.29) is 18.2 Å². The summed E-state index contributed by atoms with van der Waals surface area (Å²) in [6.07, 6.45) is 1.36. The highest BCUT2D eigenvalue weighted by Gasteiger charge is 2.30. The molecule has 26 heavy (non-hydrogen) atoms. The van der Waals surface area contributed by atoms with Gasteiger partial charge in [0.15, 0.2) is 11.5 Å². The monoisotopic (exact) mass is 378 g/mol. The highest BCUT2D eigenvalue weighted by molar-refractivity contribution is 6.30. The molecule has 0 radical (unpaired) electrons. The molecule has 1 atom stereocenters. The number of carboxylic acid groups (broad SMARTS) is 1. The number of carbonyl (C=O) groups is 2. The van der Waals surface area contributed by atoms with E-state index in [0.29, 0.717) is 36.8 Å². The summed E-state index contributed by atoms with van der Waals surface area (Å²) in [4.78, 5) is 23.8. The molecule has 1 amide bonds. The van der Waals surface area contributed by atoms with E-state index in [1.807, 2.05) is 0 Å². The topological polar surface area (TPSA) is 102 Å². The molecule has 1 saturated heterocycles. The van der Waals surface area contributed by atoms with Crippen LogP contribution in [0, 0.1) is 11.8 Å². The summed E-state index contributed by atoms with van der Waals surface area (Å²) in [6.45, 7) is 1.15. The number of aromatic nitrogens is 1. The van der Waals surface area contributed by atoms with Gasteiger partial charge in [-0.25, -0.2) is 0 Å². The van der Waals surface area contributed by atoms with Crippen LogP contribution >= 0.6 is 11.6 Å². The van der Waals surface area contributed by atoms with E-state index in [2.05, 4.69) is 10.5 Å². The Bertz CT molecular complexity index is 768. The van der Waals surface area contributed by atoms with Crippen molar-refractivity contribution in [3.63, 3.8) is 0 Å². The largest absolute Gasteiger partial charge is 0.481 e. The van der Waals surface area contributed by atoms with E-state index in [0.717, 1.165) is 5.56 Å². The zero-order valence-electron chi connectivity index (χ0n) is 14.0. The van der Waals surface area contributed by atoms with E-state index in [1.54, 1.807) is 24.3 Å². The Balaban J connectivity index is 1.62. The van der Waals surface area contributed by atoms with Gasteiger partial charge in [0.25, 0.3) is 5.91 Å². The van der Waals surface area contributed by atoms with Gasteiger partial charge in [-0.2, -0.15) is 0 Å². The molecule has 1 fully saturated rings. The van der Waals surface area contributed by atoms with Crippen LogP contribution in [0.1, 0.15) is 23.3 Å². The standard InChI is InChI=1S/C18H19ClN2O5/c19-13-3-1-12(2-4-13)16-9-15(21-26-16)17(22)20-10-14(18(23)24)11-5-7-25-8-6-11/h1-4,9,11,14H,5-8,10H2,(H,20,22)(H,23,24). The van der Waals surface area contributed by atoms with Crippen LogP contribution < -0.4 is 5.32 Å². The van der Waals surface area contributed by atoms with Crippen molar-refractivity contribution >= 4 is 23.5 Å². The van der Waals surface area contributed by atoms with Crippen LogP contribution in [0.25, 0.3) is 11.3 Å². The van der Waals surface area contributed by atoms with Crippen LogP contribution in [0.4, 0.5) is 0 Å². The number of amides is 1. The summed E-state index contributed by atoms with van der Waals surface area (Å²) in [5, 5.41) is 16.5. The SMILES string of the molecule is O=C(NCC(C(=O)O)C1CCOCC1)c1cc(-c2ccc(Cl)cc2)on1. The molecule has 1 unspecified atom stereocenters. The Kier molecular flexibility index (Phi) is 5.90. The summed E-state index contributed by atoms with van der Waals surface area (Å²) in [6, 6.07) is 8.46. The molecule has 138 valence electrons. The maximum atomic E-state index is 12.3. The first-order valence-electron chi connectivity index (χ1n) is 8.36. The Hall–Kier alpha value is -2.38. The lowest BCUT2D eigenvalue weighted by Gasteiger charge is -2.27. The molecular weight excluding hydrogens is 360 g/mol. The third-order valence-corrected chi connectivity index (χ3v) is 4.76. The first-order valence-corrected chi connectivity index (χ1v) is 8.74. The van der Waals surface area contributed by atoms with Crippen molar-refractivity contribution in [3.8, 4) is 11.3 Å². The molecule has 2 N–H and O–H groups in total. The van der Waals surface area contributed by atoms with Crippen LogP contribution in [0.5, 0.6) is 0 Å². The molecule has 0 saturated carbocycles. The molecule has 3 rings (SSSR count). The summed E-state index contributed by atoms with van der Waals surface area (Å²) >= 11 is 5.85. The van der Waals surface area contributed by atoms with Crippen molar-refractivity contribution in [2.24, 2.45) is 11.8 Å². The van der Waals surface area contributed by atoms with Crippen LogP contribution in [0.2, 0.25) is 5.02 Å². The molecular formula is C18H19ClN2O5. The number of halogens is 1. The second-order valence-electron chi connectivity index (χ2n) is 6.19. The number of nitrogens with one attached hydrogen (secondary N) is 1. The molecule has 2 aromatic rings. The van der Waals surface area contributed by atoms with Crippen molar-refractivity contribution in [2.45, 2.75) is 12.8 Å². The Labute approximate surface area is 155 Å². The van der Waals surface area contributed by atoms with Gasteiger partial charge in [-0.1, -0.05) is 16.8 Å². The number of aliphatic carboxylic acids is 1. The highest BCUT2D eigenvalue weighted by Crippen LogP contribution is 2.24. The predicted molar refractivity (Wildman–Crippen MR) is 94.0 cm³/mol. The summed E-state index contributed by atoms with van der Waals surface area (Å²) < 4.78 is 10.5. The van der Waals surface area contributed by atoms with Gasteiger partial charge in [-0.05, 0) is 43.0 Å². The average molecular weight is 379 g/mol. The summed E-state index contributed by atoms with van der Waals surface area (Å²) in [7, 11) is 0. The van der Waals surface area contributed by atoms with E-state index < -0.39 is 17.8 Å². The van der Waals surface area contributed by atoms with Gasteiger partial charge in [-0.3, -0.25) is 9.59 Å². The van der Waals surface area contributed by atoms with Crippen LogP contribution in [-0.2, 0) is 9.53 Å². The number of rotatable bonds is 6. The van der Waals surface area contributed by atoms with Gasteiger partial charge in [0.2, 0.25) is 0 Å². The highest BCUT2D eigenvalue weighted by atomic mass is 35.5. The number of ether oxygens (including phenoxy) is 1. The van der Waals surface area contributed by atoms with Crippen LogP contribution in [-0.4, -0.2) is 41.9 Å². The Morgan fingerprint density at radius 2 is 1.96 bits per heavy atom. The molecule has 1 aliphatic heterocycles. The van der Waals surface area contributed by atoms with Gasteiger partial charge in [0.1, 0.15) is 0 Å². The third-order valence-electron chi connectivity index (χ3n) is 4.51. The zero-order chi connectivity index (χ0) is 18.5. The quantitative estimate of drug-likeness (QED) is 0.801. The van der Waals surface area contributed by atoms with Crippen LogP contribution in [0.3, 0.4) is 0 Å². The Morgan fingerprint density at radius 1 is 1.27 bits per heavy atom. The third kappa shape index (κ3) is 4.42. The maximum Gasteiger partial charge on any atom is 0.308 e. The number of hydrogen-bond donors (Lipinski definition) is 2. The summed E-state index contributed by atoms with van der Waals surface area (Å²) in [5.41, 5.74) is 0.845. The van der Waals surface area contributed by atoms with E-state index in [1.165, 1.54) is 6.07 Å². The number of carboxylic acids is 1. The molecule has 0 bridgehead atoms. The lowest BCUT2D eigenvalue weighted by molar-refractivity contribution is -0.144. The van der Waals surface area contributed by atoms with Crippen molar-refractivity contribution in [2.75, 3.05) is 19.8 Å². The maximum absolute atomic E-state index is 12.3. The molecule has 0 spiro atoms. The molecule has 1 aliphatic rings. The van der Waals surface area contributed by atoms with Gasteiger partial charge in [0, 0.05) is 36.4 Å². The zero-order valence-corrected chi connectivity index (χ0v) is 14.7. The lowest BCUT2D eigenvalue weighted by Crippen LogP contribution is -2.39. The fraction of sp³-hybridized carbons (Fsp3) is 0.389. The van der Waals surface area contributed by atoms with Crippen LogP contribution in [0.15, 0.2) is 34.9 Å². The van der Waals surface area contributed by atoms with Crippen molar-refractivity contribution in [3.05, 3.63) is 41.0 Å². The fourth-order valence-corrected chi connectivity index (χ4v) is 3.13. The molecule has 1 aromatic heterocycles. The predicted octanol–water partition coefficient (Wildman–Crippen LogP) is 2.85. The second kappa shape index (κ2) is 8.33. The van der Waals surface area contributed by atoms with Gasteiger partial charge in [0.05, 0.1) is 5.92 Å². The first-order chi connectivity index (χ1) is 12.5. The van der Waals surface area contributed by atoms with Crippen molar-refractivity contribution in [1.29, 1.82) is 0 Å². The van der Waals surface area contributed by atoms with E-state index >= 15 is 0 Å². The molecule has 8 heteroatoms. The first kappa shape index (κ1) is 18.4. The number of benzene rings is 1. The minimum atomic E-state index is -0.917. The van der Waals surface area contributed by atoms with E-state index in [4.69, 9.17) is 20.9 Å². The average Bonchev–Trinajstić information content (AvgIpc) is 3.13. The minimum absolute atomic E-state index is 0.0107. The van der Waals surface area contributed by atoms with Gasteiger partial charge >= 0.3 is 5.97 Å². The number of nitrogens with zero attached hydrogens (tertiary/aromatic N) is 1. The minimum Gasteiger partial charge on any atom is -0.481 e. The second-order valence-corrected chi connectivity index (χ2v) is 6.62. The molecule has 7 nitrogen and oxygen atoms in total. The number of carbonyl (C=O) groups excluding carboxylic acids is 1. The van der Waals surface area contributed by atoms with Gasteiger partial charge < -0.3 is 19.7 Å². The number of hydrogen-bond acceptors (Lipinski definition) is 5. The smallest absolute Gasteiger partial charge is 0.308 e. The summed E-state index contributed by atoms with van der Waals surface area (Å²) in [5.74, 6) is -1.61. The van der Waals surface area contributed by atoms with Gasteiger partial charge in [-0.15, -0.1) is 0 Å². The normalized spacial score (nSPS) is 16.2. The molecule has 1 aromatic carbocycles. The lowest BCUT2D eigenvalue weighted by atomic mass is 9.86. The van der Waals surface area contributed by atoms with Crippen molar-refractivity contribution in [1.82, 2.24) is 10.5 Å². The molecule has 0 aliphatic carbocycles. The van der Waals surface area contributed by atoms with E-state index in [9.17, 15) is 14.7 Å². The Morgan fingerprint density at radius 3 is 2.62 bits per heavy atom. The molecule has 2 heterocycles. The van der Waals surface area contributed by atoms with Crippen molar-refractivity contribution < 1.29 is 24.0 Å².